The molecule has 0 radical (unpaired) electrons. The summed E-state index contributed by atoms with van der Waals surface area (Å²) >= 11 is 0. The lowest BCUT2D eigenvalue weighted by molar-refractivity contribution is -0.384. The SMILES string of the molecule is O=C([C@@H]1CCCN(C(=O)N2CCCC2)C1)N1CCN(c2ccc([N+](=O)[O-])cc2)CC1. The smallest absolute Gasteiger partial charge is 0.320 e. The second kappa shape index (κ2) is 8.89. The van der Waals surface area contributed by atoms with Crippen molar-refractivity contribution in [3.8, 4) is 0 Å². The molecule has 3 saturated heterocycles. The van der Waals surface area contributed by atoms with Crippen LogP contribution in [-0.4, -0.2) is 83.9 Å². The van der Waals surface area contributed by atoms with Crippen molar-refractivity contribution in [2.75, 3.05) is 57.3 Å². The predicted molar refractivity (Wildman–Crippen MR) is 112 cm³/mol. The summed E-state index contributed by atoms with van der Waals surface area (Å²) in [4.78, 5) is 44.0. The van der Waals surface area contributed by atoms with Crippen LogP contribution in [0.3, 0.4) is 0 Å². The Morgan fingerprint density at radius 1 is 0.833 bits per heavy atom. The average Bonchev–Trinajstić information content (AvgIpc) is 3.33. The van der Waals surface area contributed by atoms with Gasteiger partial charge in [-0.25, -0.2) is 4.79 Å². The van der Waals surface area contributed by atoms with Gasteiger partial charge in [0, 0.05) is 70.2 Å². The van der Waals surface area contributed by atoms with Crippen molar-refractivity contribution < 1.29 is 14.5 Å². The van der Waals surface area contributed by atoms with Crippen LogP contribution in [0.2, 0.25) is 0 Å². The number of piperidine rings is 1. The van der Waals surface area contributed by atoms with Crippen molar-refractivity contribution in [1.29, 1.82) is 0 Å². The van der Waals surface area contributed by atoms with Crippen LogP contribution in [0.15, 0.2) is 24.3 Å². The fourth-order valence-electron chi connectivity index (χ4n) is 4.69. The van der Waals surface area contributed by atoms with Gasteiger partial charge in [0.15, 0.2) is 0 Å². The van der Waals surface area contributed by atoms with Crippen LogP contribution in [0.5, 0.6) is 0 Å². The third-order valence-corrected chi connectivity index (χ3v) is 6.43. The summed E-state index contributed by atoms with van der Waals surface area (Å²) in [5.74, 6) is 0.0356. The first-order valence-corrected chi connectivity index (χ1v) is 10.8. The molecule has 30 heavy (non-hydrogen) atoms. The molecule has 0 bridgehead atoms. The Bertz CT molecular complexity index is 785. The summed E-state index contributed by atoms with van der Waals surface area (Å²) < 4.78 is 0. The molecule has 0 saturated carbocycles. The van der Waals surface area contributed by atoms with Crippen LogP contribution in [0.1, 0.15) is 25.7 Å². The molecule has 3 aliphatic heterocycles. The van der Waals surface area contributed by atoms with E-state index in [1.807, 2.05) is 14.7 Å². The Kier molecular flexibility index (Phi) is 6.06. The molecule has 1 atom stereocenters. The molecule has 1 aromatic carbocycles. The lowest BCUT2D eigenvalue weighted by atomic mass is 9.96. The number of hydrogen-bond donors (Lipinski definition) is 0. The minimum absolute atomic E-state index is 0.0814. The molecule has 0 unspecified atom stereocenters. The van der Waals surface area contributed by atoms with E-state index in [-0.39, 0.29) is 23.5 Å². The number of non-ortho nitro benzene ring substituents is 1. The number of carbonyl (C=O) groups is 2. The molecule has 0 N–H and O–H groups in total. The van der Waals surface area contributed by atoms with Crippen LogP contribution >= 0.6 is 0 Å². The largest absolute Gasteiger partial charge is 0.368 e. The number of carbonyl (C=O) groups excluding carboxylic acids is 2. The zero-order valence-electron chi connectivity index (χ0n) is 17.2. The van der Waals surface area contributed by atoms with Gasteiger partial charge >= 0.3 is 6.03 Å². The van der Waals surface area contributed by atoms with E-state index >= 15 is 0 Å². The number of nitro benzene ring substituents is 1. The van der Waals surface area contributed by atoms with Gasteiger partial charge < -0.3 is 19.6 Å². The van der Waals surface area contributed by atoms with Gasteiger partial charge in [-0.05, 0) is 37.8 Å². The average molecular weight is 415 g/mol. The van der Waals surface area contributed by atoms with Gasteiger partial charge in [0.25, 0.3) is 5.69 Å². The van der Waals surface area contributed by atoms with E-state index in [0.29, 0.717) is 32.7 Å². The maximum atomic E-state index is 13.1. The minimum Gasteiger partial charge on any atom is -0.368 e. The van der Waals surface area contributed by atoms with Gasteiger partial charge in [-0.15, -0.1) is 0 Å². The molecule has 3 amide bonds. The first-order chi connectivity index (χ1) is 14.5. The van der Waals surface area contributed by atoms with E-state index in [0.717, 1.165) is 51.0 Å². The van der Waals surface area contributed by atoms with Gasteiger partial charge in [0.05, 0.1) is 10.8 Å². The van der Waals surface area contributed by atoms with Crippen LogP contribution in [0, 0.1) is 16.0 Å². The van der Waals surface area contributed by atoms with E-state index in [1.165, 1.54) is 12.1 Å². The van der Waals surface area contributed by atoms with Gasteiger partial charge in [0.2, 0.25) is 5.91 Å². The Balaban J connectivity index is 1.30. The fourth-order valence-corrected chi connectivity index (χ4v) is 4.69. The van der Waals surface area contributed by atoms with E-state index < -0.39 is 4.92 Å². The first-order valence-electron chi connectivity index (χ1n) is 10.8. The Morgan fingerprint density at radius 3 is 2.10 bits per heavy atom. The van der Waals surface area contributed by atoms with E-state index in [2.05, 4.69) is 4.90 Å². The highest BCUT2D eigenvalue weighted by molar-refractivity contribution is 5.81. The van der Waals surface area contributed by atoms with Crippen molar-refractivity contribution in [2.45, 2.75) is 25.7 Å². The zero-order chi connectivity index (χ0) is 21.1. The molecule has 4 rings (SSSR count). The summed E-state index contributed by atoms with van der Waals surface area (Å²) in [6.45, 7) is 5.60. The lowest BCUT2D eigenvalue weighted by Crippen LogP contribution is -2.54. The number of piperazine rings is 1. The maximum absolute atomic E-state index is 13.1. The fraction of sp³-hybridized carbons (Fsp3) is 0.619. The van der Waals surface area contributed by atoms with Crippen molar-refractivity contribution in [3.05, 3.63) is 34.4 Å². The topological polar surface area (TPSA) is 90.2 Å². The van der Waals surface area contributed by atoms with Crippen LogP contribution in [-0.2, 0) is 4.79 Å². The van der Waals surface area contributed by atoms with Gasteiger partial charge in [0.1, 0.15) is 0 Å². The number of hydrogen-bond acceptors (Lipinski definition) is 5. The van der Waals surface area contributed by atoms with Crippen molar-refractivity contribution in [1.82, 2.24) is 14.7 Å². The number of rotatable bonds is 3. The second-order valence-corrected chi connectivity index (χ2v) is 8.35. The normalized spacial score (nSPS) is 22.3. The molecule has 0 aromatic heterocycles. The van der Waals surface area contributed by atoms with Crippen molar-refractivity contribution >= 4 is 23.3 Å². The van der Waals surface area contributed by atoms with Gasteiger partial charge in [-0.1, -0.05) is 0 Å². The molecule has 0 aliphatic carbocycles. The van der Waals surface area contributed by atoms with Crippen molar-refractivity contribution in [3.63, 3.8) is 0 Å². The number of urea groups is 1. The van der Waals surface area contributed by atoms with Crippen LogP contribution in [0.25, 0.3) is 0 Å². The molecule has 3 fully saturated rings. The molecule has 1 aromatic rings. The molecular formula is C21H29N5O4. The highest BCUT2D eigenvalue weighted by Crippen LogP contribution is 2.24. The highest BCUT2D eigenvalue weighted by Gasteiger charge is 2.34. The number of benzene rings is 1. The summed E-state index contributed by atoms with van der Waals surface area (Å²) in [6, 6.07) is 6.65. The Hall–Kier alpha value is -2.84. The second-order valence-electron chi connectivity index (χ2n) is 8.35. The lowest BCUT2D eigenvalue weighted by Gasteiger charge is -2.40. The van der Waals surface area contributed by atoms with Crippen LogP contribution < -0.4 is 4.90 Å². The monoisotopic (exact) mass is 415 g/mol. The van der Waals surface area contributed by atoms with Gasteiger partial charge in [-0.2, -0.15) is 0 Å². The van der Waals surface area contributed by atoms with E-state index in [1.54, 1.807) is 12.1 Å². The molecule has 9 heteroatoms. The molecule has 0 spiro atoms. The number of likely N-dealkylation sites (tertiary alicyclic amines) is 2. The van der Waals surface area contributed by atoms with Gasteiger partial charge in [-0.3, -0.25) is 14.9 Å². The zero-order valence-corrected chi connectivity index (χ0v) is 17.2. The maximum Gasteiger partial charge on any atom is 0.320 e. The van der Waals surface area contributed by atoms with E-state index in [4.69, 9.17) is 0 Å². The Labute approximate surface area is 176 Å². The summed E-state index contributed by atoms with van der Waals surface area (Å²) in [6.07, 6.45) is 3.85. The molecule has 3 aliphatic rings. The quantitative estimate of drug-likeness (QED) is 0.557. The first kappa shape index (κ1) is 20.4. The predicted octanol–water partition coefficient (Wildman–Crippen LogP) is 2.17. The number of anilines is 1. The highest BCUT2D eigenvalue weighted by atomic mass is 16.6. The van der Waals surface area contributed by atoms with Crippen molar-refractivity contribution in [2.24, 2.45) is 5.92 Å². The molecular weight excluding hydrogens is 386 g/mol. The third kappa shape index (κ3) is 4.34. The molecule has 3 heterocycles. The third-order valence-electron chi connectivity index (χ3n) is 6.43. The Morgan fingerprint density at radius 2 is 1.47 bits per heavy atom. The molecule has 162 valence electrons. The van der Waals surface area contributed by atoms with Crippen LogP contribution in [0.4, 0.5) is 16.2 Å². The number of nitro groups is 1. The summed E-state index contributed by atoms with van der Waals surface area (Å²) in [5, 5.41) is 10.8. The molecule has 9 nitrogen and oxygen atoms in total. The standard InChI is InChI=1S/C21H29N5O4/c27-20(17-4-3-11-25(16-17)21(28)24-9-1-2-10-24)23-14-12-22(13-15-23)18-5-7-19(8-6-18)26(29)30/h5-8,17H,1-4,9-16H2/t17-/m1/s1. The van der Waals surface area contributed by atoms with E-state index in [9.17, 15) is 19.7 Å². The number of nitrogens with zero attached hydrogens (tertiary/aromatic N) is 5. The number of amides is 3. The summed E-state index contributed by atoms with van der Waals surface area (Å²) in [5.41, 5.74) is 1.02. The minimum atomic E-state index is -0.400. The summed E-state index contributed by atoms with van der Waals surface area (Å²) in [7, 11) is 0.